The molecule has 6 nitrogen and oxygen atoms in total. The van der Waals surface area contributed by atoms with E-state index in [2.05, 4.69) is 9.82 Å². The topological polar surface area (TPSA) is 67.2 Å². The van der Waals surface area contributed by atoms with Crippen LogP contribution in [0.15, 0.2) is 41.6 Å². The molecule has 8 heteroatoms. The Kier molecular flexibility index (Phi) is 5.23. The first kappa shape index (κ1) is 17.0. The molecule has 1 atom stereocenters. The SMILES string of the molecule is CN(C)[C@@H](CNS(=O)(=O)c1cnn(C)c1)c1ccccc1Cl. The van der Waals surface area contributed by atoms with Crippen LogP contribution in [0.1, 0.15) is 11.6 Å². The van der Waals surface area contributed by atoms with Gasteiger partial charge in [-0.2, -0.15) is 5.10 Å². The average Bonchev–Trinajstić information content (AvgIpc) is 2.88. The maximum absolute atomic E-state index is 12.3. The molecule has 1 N–H and O–H groups in total. The highest BCUT2D eigenvalue weighted by atomic mass is 35.5. The minimum atomic E-state index is -3.59. The molecule has 1 aromatic carbocycles. The molecule has 0 aliphatic carbocycles. The highest BCUT2D eigenvalue weighted by molar-refractivity contribution is 7.89. The Bertz CT molecular complexity index is 743. The van der Waals surface area contributed by atoms with Crippen molar-refractivity contribution in [2.45, 2.75) is 10.9 Å². The first-order valence-electron chi connectivity index (χ1n) is 6.70. The molecule has 0 unspecified atom stereocenters. The molecule has 2 aromatic rings. The molecule has 0 saturated carbocycles. The Balaban J connectivity index is 2.18. The molecule has 0 amide bonds. The fourth-order valence-corrected chi connectivity index (χ4v) is 3.41. The van der Waals surface area contributed by atoms with Gasteiger partial charge in [-0.3, -0.25) is 4.68 Å². The minimum Gasteiger partial charge on any atom is -0.301 e. The van der Waals surface area contributed by atoms with Crippen LogP contribution in [0.25, 0.3) is 0 Å². The van der Waals surface area contributed by atoms with E-state index < -0.39 is 10.0 Å². The van der Waals surface area contributed by atoms with Crippen molar-refractivity contribution in [3.05, 3.63) is 47.2 Å². The lowest BCUT2D eigenvalue weighted by Crippen LogP contribution is -2.34. The molecular formula is C14H19ClN4O2S. The molecule has 0 spiro atoms. The first-order valence-corrected chi connectivity index (χ1v) is 8.56. The van der Waals surface area contributed by atoms with Crippen LogP contribution in [0.3, 0.4) is 0 Å². The summed E-state index contributed by atoms with van der Waals surface area (Å²) < 4.78 is 28.6. The molecular weight excluding hydrogens is 324 g/mol. The summed E-state index contributed by atoms with van der Waals surface area (Å²) in [5.41, 5.74) is 0.878. The maximum Gasteiger partial charge on any atom is 0.243 e. The van der Waals surface area contributed by atoms with Crippen LogP contribution >= 0.6 is 11.6 Å². The molecule has 1 heterocycles. The van der Waals surface area contributed by atoms with Crippen molar-refractivity contribution in [3.8, 4) is 0 Å². The van der Waals surface area contributed by atoms with Crippen molar-refractivity contribution in [2.24, 2.45) is 7.05 Å². The van der Waals surface area contributed by atoms with Gasteiger partial charge < -0.3 is 4.90 Å². The van der Waals surface area contributed by atoms with Crippen molar-refractivity contribution in [2.75, 3.05) is 20.6 Å². The molecule has 2 rings (SSSR count). The van der Waals surface area contributed by atoms with Crippen LogP contribution in [0.2, 0.25) is 5.02 Å². The van der Waals surface area contributed by atoms with Crippen molar-refractivity contribution >= 4 is 21.6 Å². The van der Waals surface area contributed by atoms with Gasteiger partial charge in [-0.15, -0.1) is 0 Å². The van der Waals surface area contributed by atoms with Crippen molar-refractivity contribution in [3.63, 3.8) is 0 Å². The van der Waals surface area contributed by atoms with E-state index >= 15 is 0 Å². The van der Waals surface area contributed by atoms with E-state index in [1.807, 2.05) is 37.2 Å². The quantitative estimate of drug-likeness (QED) is 0.867. The number of nitrogens with one attached hydrogen (secondary N) is 1. The van der Waals surface area contributed by atoms with E-state index in [4.69, 9.17) is 11.6 Å². The highest BCUT2D eigenvalue weighted by Gasteiger charge is 2.22. The van der Waals surface area contributed by atoms with E-state index in [-0.39, 0.29) is 17.5 Å². The van der Waals surface area contributed by atoms with E-state index in [0.717, 1.165) is 5.56 Å². The number of aromatic nitrogens is 2. The number of rotatable bonds is 6. The predicted molar refractivity (Wildman–Crippen MR) is 86.3 cm³/mol. The number of hydrogen-bond donors (Lipinski definition) is 1. The molecule has 0 aliphatic heterocycles. The number of nitrogens with zero attached hydrogens (tertiary/aromatic N) is 3. The summed E-state index contributed by atoms with van der Waals surface area (Å²) in [6.07, 6.45) is 2.78. The minimum absolute atomic E-state index is 0.145. The third-order valence-electron chi connectivity index (χ3n) is 3.35. The van der Waals surface area contributed by atoms with Crippen LogP contribution in [0, 0.1) is 0 Å². The summed E-state index contributed by atoms with van der Waals surface area (Å²) >= 11 is 6.22. The largest absolute Gasteiger partial charge is 0.301 e. The van der Waals surface area contributed by atoms with Crippen LogP contribution in [0.4, 0.5) is 0 Å². The Morgan fingerprint density at radius 1 is 1.36 bits per heavy atom. The number of benzene rings is 1. The summed E-state index contributed by atoms with van der Waals surface area (Å²) in [6, 6.07) is 7.25. The highest BCUT2D eigenvalue weighted by Crippen LogP contribution is 2.25. The van der Waals surface area contributed by atoms with Gasteiger partial charge in [0.2, 0.25) is 10.0 Å². The standard InChI is InChI=1S/C14H19ClN4O2S/c1-18(2)14(12-6-4-5-7-13(12)15)9-17-22(20,21)11-8-16-19(3)10-11/h4-8,10,14,17H,9H2,1-3H3/t14-/m0/s1. The monoisotopic (exact) mass is 342 g/mol. The average molecular weight is 343 g/mol. The molecule has 1 aromatic heterocycles. The fourth-order valence-electron chi connectivity index (χ4n) is 2.13. The Labute approximate surface area is 135 Å². The second kappa shape index (κ2) is 6.78. The van der Waals surface area contributed by atoms with Gasteiger partial charge >= 0.3 is 0 Å². The van der Waals surface area contributed by atoms with Crippen molar-refractivity contribution < 1.29 is 8.42 Å². The van der Waals surface area contributed by atoms with Crippen LogP contribution < -0.4 is 4.72 Å². The van der Waals surface area contributed by atoms with Gasteiger partial charge in [-0.1, -0.05) is 29.8 Å². The number of sulfonamides is 1. The van der Waals surface area contributed by atoms with E-state index in [0.29, 0.717) is 5.02 Å². The maximum atomic E-state index is 12.3. The molecule has 0 saturated heterocycles. The predicted octanol–water partition coefficient (Wildman–Crippen LogP) is 1.65. The molecule has 22 heavy (non-hydrogen) atoms. The second-order valence-corrected chi connectivity index (χ2v) is 7.38. The lowest BCUT2D eigenvalue weighted by Gasteiger charge is -2.25. The molecule has 0 fully saturated rings. The zero-order valence-electron chi connectivity index (χ0n) is 12.7. The summed E-state index contributed by atoms with van der Waals surface area (Å²) in [5.74, 6) is 0. The molecule has 0 radical (unpaired) electrons. The fraction of sp³-hybridized carbons (Fsp3) is 0.357. The van der Waals surface area contributed by atoms with Crippen LogP contribution in [-0.2, 0) is 17.1 Å². The number of halogens is 1. The summed E-state index contributed by atoms with van der Waals surface area (Å²) in [7, 11) is 1.84. The van der Waals surface area contributed by atoms with E-state index in [1.54, 1.807) is 13.1 Å². The second-order valence-electron chi connectivity index (χ2n) is 5.20. The van der Waals surface area contributed by atoms with Gasteiger partial charge in [0.05, 0.1) is 6.20 Å². The normalized spacial score (nSPS) is 13.5. The van der Waals surface area contributed by atoms with Gasteiger partial charge in [0.1, 0.15) is 4.90 Å². The van der Waals surface area contributed by atoms with Gasteiger partial charge in [0, 0.05) is 30.9 Å². The summed E-state index contributed by atoms with van der Waals surface area (Å²) in [4.78, 5) is 2.07. The zero-order valence-corrected chi connectivity index (χ0v) is 14.3. The summed E-state index contributed by atoms with van der Waals surface area (Å²) in [5, 5.41) is 4.50. The van der Waals surface area contributed by atoms with Gasteiger partial charge in [0.25, 0.3) is 0 Å². The Hall–Kier alpha value is -1.41. The third-order valence-corrected chi connectivity index (χ3v) is 5.07. The molecule has 120 valence electrons. The lowest BCUT2D eigenvalue weighted by molar-refractivity contribution is 0.299. The van der Waals surface area contributed by atoms with Gasteiger partial charge in [0.15, 0.2) is 0 Å². The number of hydrogen-bond acceptors (Lipinski definition) is 4. The first-order chi connectivity index (χ1) is 10.3. The molecule has 0 bridgehead atoms. The van der Waals surface area contributed by atoms with Crippen molar-refractivity contribution in [1.82, 2.24) is 19.4 Å². The van der Waals surface area contributed by atoms with Crippen LogP contribution in [-0.4, -0.2) is 43.7 Å². The van der Waals surface area contributed by atoms with Crippen LogP contribution in [0.5, 0.6) is 0 Å². The Morgan fingerprint density at radius 2 is 2.05 bits per heavy atom. The van der Waals surface area contributed by atoms with E-state index in [1.165, 1.54) is 17.1 Å². The smallest absolute Gasteiger partial charge is 0.243 e. The zero-order chi connectivity index (χ0) is 16.3. The lowest BCUT2D eigenvalue weighted by atomic mass is 10.1. The van der Waals surface area contributed by atoms with Crippen molar-refractivity contribution in [1.29, 1.82) is 0 Å². The van der Waals surface area contributed by atoms with Gasteiger partial charge in [-0.25, -0.2) is 13.1 Å². The Morgan fingerprint density at radius 3 is 2.59 bits per heavy atom. The number of aryl methyl sites for hydroxylation is 1. The van der Waals surface area contributed by atoms with E-state index in [9.17, 15) is 8.42 Å². The number of likely N-dealkylation sites (N-methyl/N-ethyl adjacent to an activating group) is 1. The van der Waals surface area contributed by atoms with Gasteiger partial charge in [-0.05, 0) is 25.7 Å². The molecule has 0 aliphatic rings. The third kappa shape index (κ3) is 3.86. The summed E-state index contributed by atoms with van der Waals surface area (Å²) in [6.45, 7) is 0.216.